The smallest absolute Gasteiger partial charge is 0.418 e. The number of hydrogen-bond donors (Lipinski definition) is 1. The van der Waals surface area contributed by atoms with E-state index in [1.54, 1.807) is 4.90 Å². The Morgan fingerprint density at radius 2 is 1.97 bits per heavy atom. The van der Waals surface area contributed by atoms with E-state index in [1.807, 2.05) is 6.92 Å². The summed E-state index contributed by atoms with van der Waals surface area (Å²) in [6.07, 6.45) is -3.33. The molecule has 2 aliphatic rings. The quantitative estimate of drug-likeness (QED) is 0.703. The van der Waals surface area contributed by atoms with Crippen LogP contribution >= 0.6 is 0 Å². The summed E-state index contributed by atoms with van der Waals surface area (Å²) in [6.45, 7) is 4.90. The molecule has 2 heterocycles. The van der Waals surface area contributed by atoms with Crippen molar-refractivity contribution < 1.29 is 31.9 Å². The highest BCUT2D eigenvalue weighted by atomic mass is 19.4. The Bertz CT molecular complexity index is 794. The number of ether oxygens (including phenoxy) is 1. The molecule has 6 nitrogen and oxygen atoms in total. The number of para-hydroxylation sites is 1. The van der Waals surface area contributed by atoms with Gasteiger partial charge in [0, 0.05) is 19.1 Å². The van der Waals surface area contributed by atoms with E-state index in [2.05, 4.69) is 12.2 Å². The van der Waals surface area contributed by atoms with Crippen molar-refractivity contribution in [1.29, 1.82) is 0 Å². The van der Waals surface area contributed by atoms with Gasteiger partial charge in [-0.3, -0.25) is 4.90 Å². The number of nitrogens with zero attached hydrogens (tertiary/aromatic N) is 2. The summed E-state index contributed by atoms with van der Waals surface area (Å²) < 4.78 is 58.6. The average Bonchev–Trinajstić information content (AvgIpc) is 3.09. The number of benzene rings is 1. The Morgan fingerprint density at radius 3 is 2.57 bits per heavy atom. The molecule has 0 radical (unpaired) electrons. The molecule has 0 saturated carbocycles. The van der Waals surface area contributed by atoms with E-state index < -0.39 is 29.3 Å². The molecule has 2 unspecified atom stereocenters. The fourth-order valence-corrected chi connectivity index (χ4v) is 4.00. The number of hydrogen-bond acceptors (Lipinski definition) is 3. The Balaban J connectivity index is 1.65. The van der Waals surface area contributed by atoms with Crippen LogP contribution in [-0.4, -0.2) is 53.7 Å². The van der Waals surface area contributed by atoms with Crippen molar-refractivity contribution in [3.63, 3.8) is 0 Å². The monoisotopic (exact) mass is 431 g/mol. The summed E-state index contributed by atoms with van der Waals surface area (Å²) in [6, 6.07) is 1.60. The number of likely N-dealkylation sites (tertiary alicyclic amines) is 1. The summed E-state index contributed by atoms with van der Waals surface area (Å²) in [4.78, 5) is 27.8. The van der Waals surface area contributed by atoms with E-state index in [0.717, 1.165) is 24.6 Å². The molecule has 0 aromatic heterocycles. The van der Waals surface area contributed by atoms with Crippen LogP contribution < -0.4 is 5.32 Å². The van der Waals surface area contributed by atoms with Crippen LogP contribution in [0.25, 0.3) is 0 Å². The molecule has 2 saturated heterocycles. The molecule has 2 fully saturated rings. The van der Waals surface area contributed by atoms with Gasteiger partial charge in [-0.25, -0.2) is 14.0 Å². The molecule has 2 aliphatic heterocycles. The predicted molar refractivity (Wildman–Crippen MR) is 101 cm³/mol. The first-order valence-corrected chi connectivity index (χ1v) is 10.00. The van der Waals surface area contributed by atoms with E-state index in [0.29, 0.717) is 19.4 Å². The minimum atomic E-state index is -4.79. The first kappa shape index (κ1) is 22.2. The molecule has 0 aliphatic carbocycles. The van der Waals surface area contributed by atoms with Crippen LogP contribution in [0.1, 0.15) is 38.7 Å². The summed E-state index contributed by atoms with van der Waals surface area (Å²) in [7, 11) is 0. The molecule has 3 rings (SSSR count). The van der Waals surface area contributed by atoms with Crippen LogP contribution in [0.2, 0.25) is 0 Å². The number of nitrogens with one attached hydrogen (secondary N) is 1. The molecule has 1 aromatic carbocycles. The number of cyclic esters (lactones) is 1. The minimum absolute atomic E-state index is 0.0272. The molecular formula is C20H25F4N3O3. The highest BCUT2D eigenvalue weighted by Gasteiger charge is 2.42. The number of halogens is 4. The van der Waals surface area contributed by atoms with Crippen LogP contribution in [0.4, 0.5) is 32.8 Å². The van der Waals surface area contributed by atoms with E-state index in [-0.39, 0.29) is 37.2 Å². The minimum Gasteiger partial charge on any atom is -0.447 e. The second-order valence-corrected chi connectivity index (χ2v) is 7.75. The van der Waals surface area contributed by atoms with Gasteiger partial charge in [0.25, 0.3) is 0 Å². The van der Waals surface area contributed by atoms with Crippen LogP contribution in [0.5, 0.6) is 0 Å². The summed E-state index contributed by atoms with van der Waals surface area (Å²) in [5, 5.41) is 2.07. The third-order valence-corrected chi connectivity index (χ3v) is 5.94. The number of rotatable bonds is 4. The molecule has 2 atom stereocenters. The van der Waals surface area contributed by atoms with Crippen LogP contribution in [0.3, 0.4) is 0 Å². The van der Waals surface area contributed by atoms with Crippen molar-refractivity contribution in [2.24, 2.45) is 5.92 Å². The van der Waals surface area contributed by atoms with Crippen LogP contribution in [0.15, 0.2) is 18.2 Å². The fourth-order valence-electron chi connectivity index (χ4n) is 4.00. The lowest BCUT2D eigenvalue weighted by molar-refractivity contribution is -0.137. The Kier molecular flexibility index (Phi) is 6.42. The van der Waals surface area contributed by atoms with E-state index >= 15 is 0 Å². The molecular weight excluding hydrogens is 406 g/mol. The second-order valence-electron chi connectivity index (χ2n) is 7.75. The third-order valence-electron chi connectivity index (χ3n) is 5.94. The highest BCUT2D eigenvalue weighted by molar-refractivity contribution is 5.90. The molecule has 3 amide bonds. The van der Waals surface area contributed by atoms with Gasteiger partial charge >= 0.3 is 18.3 Å². The van der Waals surface area contributed by atoms with E-state index in [1.165, 1.54) is 4.90 Å². The maximum atomic E-state index is 14.0. The number of carbonyl (C=O) groups excluding carboxylic acids is 2. The van der Waals surface area contributed by atoms with E-state index in [9.17, 15) is 27.2 Å². The molecule has 166 valence electrons. The maximum Gasteiger partial charge on any atom is 0.418 e. The van der Waals surface area contributed by atoms with Crippen LogP contribution in [-0.2, 0) is 10.9 Å². The summed E-state index contributed by atoms with van der Waals surface area (Å²) in [5.41, 5.74) is -2.11. The first-order valence-electron chi connectivity index (χ1n) is 10.00. The highest BCUT2D eigenvalue weighted by Crippen LogP contribution is 2.36. The van der Waals surface area contributed by atoms with Gasteiger partial charge in [0.2, 0.25) is 0 Å². The molecule has 1 N–H and O–H groups in total. The molecule has 10 heteroatoms. The fraction of sp³-hybridized carbons (Fsp3) is 0.600. The predicted octanol–water partition coefficient (Wildman–Crippen LogP) is 4.71. The normalized spacial score (nSPS) is 21.5. The maximum absolute atomic E-state index is 14.0. The molecule has 0 bridgehead atoms. The zero-order valence-electron chi connectivity index (χ0n) is 16.8. The van der Waals surface area contributed by atoms with Crippen molar-refractivity contribution in [3.05, 3.63) is 29.6 Å². The van der Waals surface area contributed by atoms with Gasteiger partial charge in [0.1, 0.15) is 12.4 Å². The lowest BCUT2D eigenvalue weighted by Gasteiger charge is -2.39. The Labute approximate surface area is 172 Å². The van der Waals surface area contributed by atoms with Crippen molar-refractivity contribution in [2.45, 2.75) is 51.4 Å². The first-order chi connectivity index (χ1) is 14.1. The Morgan fingerprint density at radius 1 is 1.30 bits per heavy atom. The van der Waals surface area contributed by atoms with Gasteiger partial charge in [-0.2, -0.15) is 13.2 Å². The lowest BCUT2D eigenvalue weighted by Crippen LogP contribution is -2.51. The van der Waals surface area contributed by atoms with Gasteiger partial charge in [0.05, 0.1) is 17.3 Å². The van der Waals surface area contributed by atoms with Crippen molar-refractivity contribution in [1.82, 2.24) is 9.80 Å². The van der Waals surface area contributed by atoms with E-state index in [4.69, 9.17) is 4.74 Å². The standard InChI is InChI=1S/C20H25F4N3O3/c1-3-12(2)16-11-30-19(29)27(16)13-7-9-26(10-8-13)18(28)25-17-14(20(22,23)24)5-4-6-15(17)21/h4-6,12-13,16H,3,7-11H2,1-2H3,(H,25,28). The second kappa shape index (κ2) is 8.69. The largest absolute Gasteiger partial charge is 0.447 e. The molecule has 1 aromatic rings. The Hall–Kier alpha value is -2.52. The number of alkyl halides is 3. The average molecular weight is 431 g/mol. The number of urea groups is 1. The number of anilines is 1. The zero-order chi connectivity index (χ0) is 22.1. The van der Waals surface area contributed by atoms with Crippen molar-refractivity contribution in [2.75, 3.05) is 25.0 Å². The van der Waals surface area contributed by atoms with Gasteiger partial charge in [-0.1, -0.05) is 26.3 Å². The summed E-state index contributed by atoms with van der Waals surface area (Å²) >= 11 is 0. The lowest BCUT2D eigenvalue weighted by atomic mass is 9.95. The molecule has 0 spiro atoms. The van der Waals surface area contributed by atoms with Crippen LogP contribution in [0, 0.1) is 11.7 Å². The van der Waals surface area contributed by atoms with Crippen molar-refractivity contribution in [3.8, 4) is 0 Å². The van der Waals surface area contributed by atoms with Gasteiger partial charge < -0.3 is 15.0 Å². The summed E-state index contributed by atoms with van der Waals surface area (Å²) in [5.74, 6) is -0.885. The zero-order valence-corrected chi connectivity index (χ0v) is 16.8. The number of amides is 3. The van der Waals surface area contributed by atoms with Gasteiger partial charge in [-0.05, 0) is 30.9 Å². The SMILES string of the molecule is CCC(C)C1COC(=O)N1C1CCN(C(=O)Nc2c(F)cccc2C(F)(F)F)CC1. The number of piperidine rings is 1. The van der Waals surface area contributed by atoms with Gasteiger partial charge in [-0.15, -0.1) is 0 Å². The molecule has 30 heavy (non-hydrogen) atoms. The van der Waals surface area contributed by atoms with Gasteiger partial charge in [0.15, 0.2) is 0 Å². The topological polar surface area (TPSA) is 61.9 Å². The third kappa shape index (κ3) is 4.46. The number of carbonyl (C=O) groups is 2. The van der Waals surface area contributed by atoms with Crippen molar-refractivity contribution >= 4 is 17.8 Å².